The fourth-order valence-electron chi connectivity index (χ4n) is 3.92. The van der Waals surface area contributed by atoms with Crippen molar-refractivity contribution in [3.05, 3.63) is 48.0 Å². The molecule has 0 radical (unpaired) electrons. The van der Waals surface area contributed by atoms with Crippen LogP contribution < -0.4 is 14.8 Å². The summed E-state index contributed by atoms with van der Waals surface area (Å²) in [6.07, 6.45) is 1.54. The summed E-state index contributed by atoms with van der Waals surface area (Å²) < 4.78 is 11.1. The van der Waals surface area contributed by atoms with Crippen LogP contribution >= 0.6 is 11.8 Å². The molecular formula is C24H24N4O4S. The van der Waals surface area contributed by atoms with Crippen molar-refractivity contribution in [2.24, 2.45) is 9.98 Å². The number of hydrogen-bond acceptors (Lipinski definition) is 7. The van der Waals surface area contributed by atoms with Gasteiger partial charge < -0.3 is 14.8 Å². The Morgan fingerprint density at radius 1 is 1.21 bits per heavy atom. The third kappa shape index (κ3) is 4.08. The van der Waals surface area contributed by atoms with Crippen molar-refractivity contribution < 1.29 is 19.1 Å². The molecule has 0 spiro atoms. The van der Waals surface area contributed by atoms with E-state index in [1.54, 1.807) is 30.0 Å². The van der Waals surface area contributed by atoms with Crippen molar-refractivity contribution in [1.82, 2.24) is 4.90 Å². The van der Waals surface area contributed by atoms with Crippen molar-refractivity contribution in [1.29, 1.82) is 0 Å². The minimum absolute atomic E-state index is 0.0907. The summed E-state index contributed by atoms with van der Waals surface area (Å²) in [6, 6.07) is 12.5. The molecule has 0 unspecified atom stereocenters. The molecule has 0 aliphatic carbocycles. The monoisotopic (exact) mass is 464 g/mol. The van der Waals surface area contributed by atoms with Crippen molar-refractivity contribution in [3.63, 3.8) is 0 Å². The van der Waals surface area contributed by atoms with Crippen LogP contribution in [0.1, 0.15) is 32.3 Å². The molecule has 9 heteroatoms. The van der Waals surface area contributed by atoms with Crippen LogP contribution in [0.3, 0.4) is 0 Å². The van der Waals surface area contributed by atoms with Gasteiger partial charge in [0, 0.05) is 17.3 Å². The molecule has 3 aliphatic rings. The first-order valence-electron chi connectivity index (χ1n) is 11.0. The fourth-order valence-corrected chi connectivity index (χ4v) is 4.83. The van der Waals surface area contributed by atoms with Gasteiger partial charge in [-0.25, -0.2) is 9.89 Å². The summed E-state index contributed by atoms with van der Waals surface area (Å²) in [5.41, 5.74) is 2.21. The normalized spacial score (nSPS) is 19.3. The number of rotatable bonds is 5. The Kier molecular flexibility index (Phi) is 5.80. The quantitative estimate of drug-likeness (QED) is 0.723. The van der Waals surface area contributed by atoms with E-state index in [9.17, 15) is 9.59 Å². The van der Waals surface area contributed by atoms with Crippen molar-refractivity contribution >= 4 is 46.0 Å². The third-order valence-corrected chi connectivity index (χ3v) is 6.62. The van der Waals surface area contributed by atoms with Gasteiger partial charge in [-0.1, -0.05) is 37.2 Å². The van der Waals surface area contributed by atoms with E-state index in [-0.39, 0.29) is 11.8 Å². The van der Waals surface area contributed by atoms with Gasteiger partial charge in [0.2, 0.25) is 5.91 Å². The molecule has 0 bridgehead atoms. The Bertz CT molecular complexity index is 1180. The highest BCUT2D eigenvalue weighted by atomic mass is 32.2. The van der Waals surface area contributed by atoms with E-state index < -0.39 is 11.3 Å². The average molecular weight is 465 g/mol. The van der Waals surface area contributed by atoms with Gasteiger partial charge in [0.05, 0.1) is 10.9 Å². The van der Waals surface area contributed by atoms with E-state index in [2.05, 4.69) is 5.32 Å². The number of carbonyl (C=O) groups excluding carboxylic acids is 2. The van der Waals surface area contributed by atoms with Gasteiger partial charge in [0.25, 0.3) is 5.91 Å². The minimum Gasteiger partial charge on any atom is -0.486 e. The largest absolute Gasteiger partial charge is 0.486 e. The molecule has 8 nitrogen and oxygen atoms in total. The fraction of sp³-hybridized carbons (Fsp3) is 0.333. The van der Waals surface area contributed by atoms with E-state index in [1.165, 1.54) is 11.8 Å². The lowest BCUT2D eigenvalue weighted by Gasteiger charge is -2.27. The number of nitrogens with one attached hydrogen (secondary N) is 1. The molecule has 3 aliphatic heterocycles. The molecule has 170 valence electrons. The number of ether oxygens (including phenoxy) is 2. The van der Waals surface area contributed by atoms with Crippen LogP contribution in [0, 0.1) is 0 Å². The molecule has 5 rings (SSSR count). The van der Waals surface area contributed by atoms with Gasteiger partial charge >= 0.3 is 0 Å². The number of hydrogen-bond donors (Lipinski definition) is 1. The van der Waals surface area contributed by atoms with Crippen LogP contribution in [0.25, 0.3) is 0 Å². The first-order chi connectivity index (χ1) is 16.0. The average Bonchev–Trinajstić information content (AvgIpc) is 3.16. The SMILES string of the molecule is CCC[C@@H]1N=C2c3ccccc3N=C(S[C@H](C)C(=O)Nc3ccc4c(c3)OCCO4)N2C1=O. The van der Waals surface area contributed by atoms with E-state index in [1.807, 2.05) is 31.2 Å². The number of nitrogens with zero attached hydrogens (tertiary/aromatic N) is 3. The second-order valence-corrected chi connectivity index (χ2v) is 9.26. The number of amidine groups is 2. The predicted octanol–water partition coefficient (Wildman–Crippen LogP) is 3.98. The minimum atomic E-state index is -0.499. The summed E-state index contributed by atoms with van der Waals surface area (Å²) in [6.45, 7) is 4.82. The number of fused-ring (bicyclic) bond motifs is 4. The van der Waals surface area contributed by atoms with Crippen molar-refractivity contribution in [3.8, 4) is 11.5 Å². The van der Waals surface area contributed by atoms with Gasteiger partial charge in [-0.2, -0.15) is 0 Å². The standard InChI is InChI=1S/C24H24N4O4S/c1-3-6-18-23(30)28-21(26-18)16-7-4-5-8-17(16)27-24(28)33-14(2)22(29)25-15-9-10-19-20(13-15)32-12-11-31-19/h4-5,7-10,13-14,18H,3,6,11-12H2,1-2H3,(H,25,29)/t14-,18+/m1/s1. The van der Waals surface area contributed by atoms with Crippen LogP contribution in [0.5, 0.6) is 11.5 Å². The molecule has 1 N–H and O–H groups in total. The summed E-state index contributed by atoms with van der Waals surface area (Å²) in [5.74, 6) is 1.60. The maximum absolute atomic E-state index is 13.1. The lowest BCUT2D eigenvalue weighted by molar-refractivity contribution is -0.124. The van der Waals surface area contributed by atoms with Crippen LogP contribution in [0.4, 0.5) is 11.4 Å². The Labute approximate surface area is 196 Å². The number of carbonyl (C=O) groups is 2. The highest BCUT2D eigenvalue weighted by Crippen LogP contribution is 2.36. The number of amides is 2. The number of para-hydroxylation sites is 1. The van der Waals surface area contributed by atoms with Gasteiger partial charge in [0.15, 0.2) is 16.7 Å². The molecule has 2 amide bonds. The first-order valence-corrected chi connectivity index (χ1v) is 11.9. The lowest BCUT2D eigenvalue weighted by Crippen LogP contribution is -2.42. The maximum atomic E-state index is 13.1. The number of aliphatic imine (C=N–C) groups is 2. The Morgan fingerprint density at radius 3 is 2.82 bits per heavy atom. The number of benzene rings is 2. The molecular weight excluding hydrogens is 440 g/mol. The summed E-state index contributed by atoms with van der Waals surface area (Å²) in [4.78, 5) is 37.1. The van der Waals surface area contributed by atoms with E-state index in [0.717, 1.165) is 17.7 Å². The zero-order valence-electron chi connectivity index (χ0n) is 18.4. The zero-order chi connectivity index (χ0) is 22.9. The van der Waals surface area contributed by atoms with E-state index in [0.29, 0.717) is 47.8 Å². The van der Waals surface area contributed by atoms with Crippen LogP contribution in [-0.4, -0.2) is 52.2 Å². The predicted molar refractivity (Wildman–Crippen MR) is 129 cm³/mol. The lowest BCUT2D eigenvalue weighted by atomic mass is 10.1. The van der Waals surface area contributed by atoms with Crippen LogP contribution in [0.2, 0.25) is 0 Å². The second-order valence-electron chi connectivity index (χ2n) is 7.95. The molecule has 2 atom stereocenters. The maximum Gasteiger partial charge on any atom is 0.259 e. The molecule has 33 heavy (non-hydrogen) atoms. The first kappa shape index (κ1) is 21.5. The third-order valence-electron chi connectivity index (χ3n) is 5.57. The Hall–Kier alpha value is -3.33. The number of anilines is 1. The van der Waals surface area contributed by atoms with E-state index in [4.69, 9.17) is 19.5 Å². The van der Waals surface area contributed by atoms with Gasteiger partial charge in [-0.05, 0) is 37.6 Å². The molecule has 0 fully saturated rings. The smallest absolute Gasteiger partial charge is 0.259 e. The molecule has 0 saturated carbocycles. The number of thioether (sulfide) groups is 1. The zero-order valence-corrected chi connectivity index (χ0v) is 19.2. The molecule has 2 aromatic rings. The second kappa shape index (κ2) is 8.90. The topological polar surface area (TPSA) is 92.6 Å². The highest BCUT2D eigenvalue weighted by molar-refractivity contribution is 8.15. The molecule has 3 heterocycles. The van der Waals surface area contributed by atoms with Crippen LogP contribution in [0.15, 0.2) is 52.4 Å². The van der Waals surface area contributed by atoms with Crippen molar-refractivity contribution in [2.75, 3.05) is 18.5 Å². The van der Waals surface area contributed by atoms with Crippen molar-refractivity contribution in [2.45, 2.75) is 38.0 Å². The van der Waals surface area contributed by atoms with Gasteiger partial charge in [-0.3, -0.25) is 14.6 Å². The Balaban J connectivity index is 1.36. The summed E-state index contributed by atoms with van der Waals surface area (Å²) in [5, 5.41) is 2.89. The molecule has 0 aromatic heterocycles. The molecule has 0 saturated heterocycles. The van der Waals surface area contributed by atoms with E-state index >= 15 is 0 Å². The molecule has 2 aromatic carbocycles. The van der Waals surface area contributed by atoms with Gasteiger partial charge in [-0.15, -0.1) is 0 Å². The highest BCUT2D eigenvalue weighted by Gasteiger charge is 2.41. The Morgan fingerprint density at radius 2 is 2.00 bits per heavy atom. The summed E-state index contributed by atoms with van der Waals surface area (Å²) in [7, 11) is 0. The summed E-state index contributed by atoms with van der Waals surface area (Å²) >= 11 is 1.25. The van der Waals surface area contributed by atoms with Crippen LogP contribution in [-0.2, 0) is 9.59 Å². The van der Waals surface area contributed by atoms with Gasteiger partial charge in [0.1, 0.15) is 25.1 Å².